The molecule has 0 saturated carbocycles. The normalized spacial score (nSPS) is 15.7. The maximum absolute atomic E-state index is 13.2. The highest BCUT2D eigenvalue weighted by atomic mass is 32.1. The number of aryl methyl sites for hydroxylation is 2. The van der Waals surface area contributed by atoms with E-state index in [-0.39, 0.29) is 10.7 Å². The van der Waals surface area contributed by atoms with Crippen molar-refractivity contribution in [3.05, 3.63) is 89.3 Å². The Labute approximate surface area is 174 Å². The van der Waals surface area contributed by atoms with Gasteiger partial charge in [-0.2, -0.15) is 0 Å². The fourth-order valence-electron chi connectivity index (χ4n) is 3.40. The molecule has 1 N–H and O–H groups in total. The van der Waals surface area contributed by atoms with Crippen LogP contribution in [0, 0.1) is 13.8 Å². The third-order valence-corrected chi connectivity index (χ3v) is 5.19. The van der Waals surface area contributed by atoms with Crippen LogP contribution in [0.3, 0.4) is 0 Å². The lowest BCUT2D eigenvalue weighted by atomic mass is 10.1. The number of para-hydroxylation sites is 2. The number of carbonyl (C=O) groups excluding carboxylic acids is 2. The molecule has 6 heteroatoms. The summed E-state index contributed by atoms with van der Waals surface area (Å²) in [5.41, 5.74) is 4.39. The van der Waals surface area contributed by atoms with Gasteiger partial charge in [0.2, 0.25) is 0 Å². The first-order valence-corrected chi connectivity index (χ1v) is 9.58. The average molecular weight is 401 g/mol. The predicted octanol–water partition coefficient (Wildman–Crippen LogP) is 3.93. The first-order chi connectivity index (χ1) is 14.0. The van der Waals surface area contributed by atoms with Crippen LogP contribution in [0.1, 0.15) is 16.8 Å². The molecule has 4 rings (SSSR count). The molecule has 1 saturated heterocycles. The second kappa shape index (κ2) is 7.48. The minimum absolute atomic E-state index is 0.0374. The van der Waals surface area contributed by atoms with E-state index < -0.39 is 11.8 Å². The van der Waals surface area contributed by atoms with Gasteiger partial charge in [-0.25, -0.2) is 0 Å². The maximum atomic E-state index is 13.2. The minimum Gasteiger partial charge on any atom is -0.317 e. The highest BCUT2D eigenvalue weighted by Crippen LogP contribution is 2.26. The fourth-order valence-corrected chi connectivity index (χ4v) is 3.68. The van der Waals surface area contributed by atoms with E-state index in [1.807, 2.05) is 85.3 Å². The Balaban J connectivity index is 1.79. The van der Waals surface area contributed by atoms with Crippen LogP contribution in [-0.2, 0) is 9.59 Å². The molecule has 0 atom stereocenters. The highest BCUT2D eigenvalue weighted by molar-refractivity contribution is 7.80. The number of carbonyl (C=O) groups is 2. The largest absolute Gasteiger partial charge is 0.317 e. The summed E-state index contributed by atoms with van der Waals surface area (Å²) in [4.78, 5) is 27.2. The van der Waals surface area contributed by atoms with Crippen LogP contribution < -0.4 is 10.2 Å². The molecule has 1 aliphatic rings. The summed E-state index contributed by atoms with van der Waals surface area (Å²) in [5, 5.41) is 2.72. The molecule has 5 nitrogen and oxygen atoms in total. The zero-order valence-electron chi connectivity index (χ0n) is 16.0. The second-order valence-electron chi connectivity index (χ2n) is 6.83. The van der Waals surface area contributed by atoms with Gasteiger partial charge in [0.15, 0.2) is 5.11 Å². The van der Waals surface area contributed by atoms with E-state index in [0.717, 1.165) is 22.5 Å². The summed E-state index contributed by atoms with van der Waals surface area (Å²) < 4.78 is 1.95. The van der Waals surface area contributed by atoms with Gasteiger partial charge >= 0.3 is 0 Å². The van der Waals surface area contributed by atoms with E-state index in [4.69, 9.17) is 12.2 Å². The van der Waals surface area contributed by atoms with Gasteiger partial charge in [0.1, 0.15) is 5.57 Å². The van der Waals surface area contributed by atoms with E-state index in [2.05, 4.69) is 5.32 Å². The molecule has 144 valence electrons. The number of rotatable bonds is 3. The second-order valence-corrected chi connectivity index (χ2v) is 7.22. The SMILES string of the molecule is Cc1ccccc1N1C(=O)/C(=C/c2cccn2-c2ccccc2C)C(=O)NC1=S. The summed E-state index contributed by atoms with van der Waals surface area (Å²) in [6, 6.07) is 19.1. The zero-order chi connectivity index (χ0) is 20.5. The van der Waals surface area contributed by atoms with E-state index >= 15 is 0 Å². The average Bonchev–Trinajstić information content (AvgIpc) is 3.15. The number of amides is 2. The van der Waals surface area contributed by atoms with Crippen molar-refractivity contribution in [1.29, 1.82) is 0 Å². The van der Waals surface area contributed by atoms with Crippen LogP contribution in [0.15, 0.2) is 72.4 Å². The Kier molecular flexibility index (Phi) is 4.86. The van der Waals surface area contributed by atoms with Gasteiger partial charge in [0.25, 0.3) is 11.8 Å². The number of thiocarbonyl (C=S) groups is 1. The molecule has 0 aliphatic carbocycles. The van der Waals surface area contributed by atoms with Gasteiger partial charge in [-0.1, -0.05) is 36.4 Å². The van der Waals surface area contributed by atoms with E-state index in [1.165, 1.54) is 4.90 Å². The topological polar surface area (TPSA) is 54.3 Å². The lowest BCUT2D eigenvalue weighted by Crippen LogP contribution is -2.54. The van der Waals surface area contributed by atoms with Crippen molar-refractivity contribution in [3.8, 4) is 5.69 Å². The summed E-state index contributed by atoms with van der Waals surface area (Å²) >= 11 is 5.28. The Hall–Kier alpha value is -3.51. The van der Waals surface area contributed by atoms with Crippen molar-refractivity contribution < 1.29 is 9.59 Å². The number of benzene rings is 2. The number of nitrogens with zero attached hydrogens (tertiary/aromatic N) is 2. The molecule has 1 fully saturated rings. The lowest BCUT2D eigenvalue weighted by Gasteiger charge is -2.30. The molecule has 3 aromatic rings. The predicted molar refractivity (Wildman–Crippen MR) is 118 cm³/mol. The Morgan fingerprint density at radius 2 is 1.48 bits per heavy atom. The summed E-state index contributed by atoms with van der Waals surface area (Å²) in [6.45, 7) is 3.91. The van der Waals surface area contributed by atoms with Gasteiger partial charge in [-0.05, 0) is 67.5 Å². The van der Waals surface area contributed by atoms with Gasteiger partial charge in [0.05, 0.1) is 5.69 Å². The molecular weight excluding hydrogens is 382 g/mol. The van der Waals surface area contributed by atoms with Crippen molar-refractivity contribution in [3.63, 3.8) is 0 Å². The fraction of sp³-hybridized carbons (Fsp3) is 0.0870. The lowest BCUT2D eigenvalue weighted by molar-refractivity contribution is -0.122. The molecule has 2 heterocycles. The van der Waals surface area contributed by atoms with Crippen molar-refractivity contribution in [1.82, 2.24) is 9.88 Å². The van der Waals surface area contributed by atoms with Gasteiger partial charge < -0.3 is 4.57 Å². The van der Waals surface area contributed by atoms with Crippen LogP contribution in [0.5, 0.6) is 0 Å². The minimum atomic E-state index is -0.498. The molecule has 2 amide bonds. The smallest absolute Gasteiger partial charge is 0.270 e. The first kappa shape index (κ1) is 18.8. The molecule has 29 heavy (non-hydrogen) atoms. The van der Waals surface area contributed by atoms with Gasteiger partial charge in [0, 0.05) is 17.6 Å². The zero-order valence-corrected chi connectivity index (χ0v) is 16.9. The molecule has 2 aromatic carbocycles. The molecule has 0 radical (unpaired) electrons. The van der Waals surface area contributed by atoms with Crippen LogP contribution in [0.4, 0.5) is 5.69 Å². The van der Waals surface area contributed by atoms with Gasteiger partial charge in [-0.15, -0.1) is 0 Å². The quantitative estimate of drug-likeness (QED) is 0.411. The monoisotopic (exact) mass is 401 g/mol. The molecule has 0 unspecified atom stereocenters. The summed E-state index contributed by atoms with van der Waals surface area (Å²) in [6.07, 6.45) is 3.51. The standard InChI is InChI=1S/C23H19N3O2S/c1-15-8-3-5-11-19(15)25-13-7-10-17(25)14-18-21(27)24-23(29)26(22(18)28)20-12-6-4-9-16(20)2/h3-14H,1-2H3,(H,24,27,29)/b18-14+. The van der Waals surface area contributed by atoms with Crippen LogP contribution >= 0.6 is 12.2 Å². The molecule has 1 aliphatic heterocycles. The molecular formula is C23H19N3O2S. The Morgan fingerprint density at radius 1 is 0.862 bits per heavy atom. The molecule has 0 bridgehead atoms. The number of hydrogen-bond donors (Lipinski definition) is 1. The van der Waals surface area contributed by atoms with Crippen molar-refractivity contribution in [2.75, 3.05) is 4.90 Å². The van der Waals surface area contributed by atoms with Crippen LogP contribution in [0.2, 0.25) is 0 Å². The first-order valence-electron chi connectivity index (χ1n) is 9.18. The molecule has 1 aromatic heterocycles. The highest BCUT2D eigenvalue weighted by Gasteiger charge is 2.35. The van der Waals surface area contributed by atoms with E-state index in [9.17, 15) is 9.59 Å². The number of aromatic nitrogens is 1. The van der Waals surface area contributed by atoms with Crippen molar-refractivity contribution in [2.45, 2.75) is 13.8 Å². The number of nitrogens with one attached hydrogen (secondary N) is 1. The van der Waals surface area contributed by atoms with E-state index in [0.29, 0.717) is 5.69 Å². The summed E-state index contributed by atoms with van der Waals surface area (Å²) in [5.74, 6) is -0.937. The Morgan fingerprint density at radius 3 is 2.14 bits per heavy atom. The van der Waals surface area contributed by atoms with Crippen molar-refractivity contribution in [2.24, 2.45) is 0 Å². The number of hydrogen-bond acceptors (Lipinski definition) is 3. The van der Waals surface area contributed by atoms with Crippen LogP contribution in [0.25, 0.3) is 11.8 Å². The van der Waals surface area contributed by atoms with E-state index in [1.54, 1.807) is 6.08 Å². The molecule has 0 spiro atoms. The van der Waals surface area contributed by atoms with Gasteiger partial charge in [-0.3, -0.25) is 19.8 Å². The third kappa shape index (κ3) is 3.39. The summed E-state index contributed by atoms with van der Waals surface area (Å²) in [7, 11) is 0. The van der Waals surface area contributed by atoms with Crippen molar-refractivity contribution >= 4 is 40.9 Å². The third-order valence-electron chi connectivity index (χ3n) is 4.91. The number of anilines is 1. The van der Waals surface area contributed by atoms with Crippen LogP contribution in [-0.4, -0.2) is 21.5 Å². The Bertz CT molecular complexity index is 1180. The maximum Gasteiger partial charge on any atom is 0.270 e.